The highest BCUT2D eigenvalue weighted by Crippen LogP contribution is 2.31. The van der Waals surface area contributed by atoms with Gasteiger partial charge in [-0.2, -0.15) is 5.10 Å². The Labute approximate surface area is 114 Å². The van der Waals surface area contributed by atoms with Crippen LogP contribution in [0.2, 0.25) is 0 Å². The molecule has 0 aromatic carbocycles. The molecule has 5 heteroatoms. The van der Waals surface area contributed by atoms with E-state index in [1.54, 1.807) is 0 Å². The van der Waals surface area contributed by atoms with Crippen LogP contribution in [-0.2, 0) is 4.74 Å². The molecule has 2 fully saturated rings. The Hall–Kier alpha value is -1.20. The highest BCUT2D eigenvalue weighted by Gasteiger charge is 2.36. The molecule has 3 rings (SSSR count). The van der Waals surface area contributed by atoms with E-state index in [2.05, 4.69) is 26.5 Å². The summed E-state index contributed by atoms with van der Waals surface area (Å²) >= 11 is 0. The maximum Gasteiger partial charge on any atom is 0.151 e. The van der Waals surface area contributed by atoms with Gasteiger partial charge in [0.2, 0.25) is 0 Å². The molecule has 1 N–H and O–H groups in total. The van der Waals surface area contributed by atoms with Crippen LogP contribution in [0.15, 0.2) is 12.1 Å². The molecule has 1 aromatic heterocycles. The van der Waals surface area contributed by atoms with Gasteiger partial charge in [0.05, 0.1) is 18.9 Å². The molecule has 19 heavy (non-hydrogen) atoms. The molecule has 0 saturated carbocycles. The van der Waals surface area contributed by atoms with Gasteiger partial charge in [0.1, 0.15) is 0 Å². The molecule has 5 nitrogen and oxygen atoms in total. The Kier molecular flexibility index (Phi) is 3.66. The van der Waals surface area contributed by atoms with E-state index in [-0.39, 0.29) is 5.41 Å². The minimum absolute atomic E-state index is 0.237. The van der Waals surface area contributed by atoms with Gasteiger partial charge in [-0.15, -0.1) is 5.10 Å². The number of ether oxygens (including phenoxy) is 1. The number of nitrogens with one attached hydrogen (secondary N) is 1. The number of hydrogen-bond donors (Lipinski definition) is 1. The lowest BCUT2D eigenvalue weighted by atomic mass is 9.81. The first kappa shape index (κ1) is 12.8. The zero-order valence-corrected chi connectivity index (χ0v) is 11.6. The molecule has 2 aliphatic rings. The van der Waals surface area contributed by atoms with Crippen molar-refractivity contribution in [3.8, 4) is 0 Å². The zero-order valence-electron chi connectivity index (χ0n) is 11.6. The molecule has 0 bridgehead atoms. The fraction of sp³-hybridized carbons (Fsp3) is 0.714. The predicted molar refractivity (Wildman–Crippen MR) is 74.3 cm³/mol. The largest absolute Gasteiger partial charge is 0.379 e. The van der Waals surface area contributed by atoms with Crippen molar-refractivity contribution in [2.75, 3.05) is 44.3 Å². The lowest BCUT2D eigenvalue weighted by molar-refractivity contribution is 0.0536. The Bertz CT molecular complexity index is 414. The fourth-order valence-electron chi connectivity index (χ4n) is 3.04. The monoisotopic (exact) mass is 262 g/mol. The first-order chi connectivity index (χ1) is 9.27. The van der Waals surface area contributed by atoms with Crippen LogP contribution in [0.4, 0.5) is 5.82 Å². The molecule has 2 aliphatic heterocycles. The summed E-state index contributed by atoms with van der Waals surface area (Å²) in [4.78, 5) is 2.33. The van der Waals surface area contributed by atoms with Crippen molar-refractivity contribution in [2.24, 2.45) is 5.41 Å². The topological polar surface area (TPSA) is 50.3 Å². The van der Waals surface area contributed by atoms with Crippen molar-refractivity contribution in [3.63, 3.8) is 0 Å². The van der Waals surface area contributed by atoms with E-state index in [0.717, 1.165) is 50.9 Å². The first-order valence-electron chi connectivity index (χ1n) is 7.11. The van der Waals surface area contributed by atoms with Gasteiger partial charge in [0.15, 0.2) is 5.82 Å². The van der Waals surface area contributed by atoms with Gasteiger partial charge >= 0.3 is 0 Å². The first-order valence-corrected chi connectivity index (χ1v) is 7.11. The van der Waals surface area contributed by atoms with Gasteiger partial charge in [-0.25, -0.2) is 0 Å². The lowest BCUT2D eigenvalue weighted by Gasteiger charge is -2.39. The van der Waals surface area contributed by atoms with Crippen molar-refractivity contribution in [3.05, 3.63) is 17.8 Å². The molecule has 2 saturated heterocycles. The number of anilines is 1. The van der Waals surface area contributed by atoms with Gasteiger partial charge in [-0.1, -0.05) is 0 Å². The van der Waals surface area contributed by atoms with Crippen LogP contribution in [-0.4, -0.2) is 49.6 Å². The summed E-state index contributed by atoms with van der Waals surface area (Å²) in [5.74, 6) is 0.973. The third kappa shape index (κ3) is 2.87. The van der Waals surface area contributed by atoms with Crippen LogP contribution < -0.4 is 10.2 Å². The maximum atomic E-state index is 5.83. The van der Waals surface area contributed by atoms with Crippen molar-refractivity contribution in [1.82, 2.24) is 15.5 Å². The number of aryl methyl sites for hydroxylation is 1. The van der Waals surface area contributed by atoms with Crippen LogP contribution in [0, 0.1) is 12.3 Å². The normalized spacial score (nSPS) is 28.4. The molecule has 1 aromatic rings. The minimum atomic E-state index is 0.237. The molecule has 0 aliphatic carbocycles. The summed E-state index contributed by atoms with van der Waals surface area (Å²) in [6.07, 6.45) is 2.46. The van der Waals surface area contributed by atoms with Gasteiger partial charge < -0.3 is 15.0 Å². The van der Waals surface area contributed by atoms with Crippen molar-refractivity contribution in [1.29, 1.82) is 0 Å². The van der Waals surface area contributed by atoms with Crippen molar-refractivity contribution >= 4 is 5.82 Å². The van der Waals surface area contributed by atoms with Crippen molar-refractivity contribution in [2.45, 2.75) is 19.8 Å². The van der Waals surface area contributed by atoms with Crippen LogP contribution in [0.1, 0.15) is 18.5 Å². The van der Waals surface area contributed by atoms with Gasteiger partial charge in [0.25, 0.3) is 0 Å². The Balaban J connectivity index is 1.78. The van der Waals surface area contributed by atoms with E-state index in [0.29, 0.717) is 0 Å². The summed E-state index contributed by atoms with van der Waals surface area (Å²) in [7, 11) is 0. The van der Waals surface area contributed by atoms with E-state index >= 15 is 0 Å². The lowest BCUT2D eigenvalue weighted by Crippen LogP contribution is -2.49. The third-order valence-electron chi connectivity index (χ3n) is 4.11. The van der Waals surface area contributed by atoms with E-state index in [1.165, 1.54) is 12.8 Å². The zero-order chi connectivity index (χ0) is 13.1. The molecule has 1 atom stereocenters. The van der Waals surface area contributed by atoms with Crippen LogP contribution in [0.5, 0.6) is 0 Å². The second-order valence-electron chi connectivity index (χ2n) is 5.79. The van der Waals surface area contributed by atoms with E-state index in [1.807, 2.05) is 13.0 Å². The van der Waals surface area contributed by atoms with E-state index < -0.39 is 0 Å². The van der Waals surface area contributed by atoms with Crippen LogP contribution in [0.25, 0.3) is 0 Å². The molecule has 0 radical (unpaired) electrons. The molecular formula is C14H22N4O. The second kappa shape index (κ2) is 5.43. The number of hydrogen-bond acceptors (Lipinski definition) is 5. The van der Waals surface area contributed by atoms with Crippen LogP contribution in [0.3, 0.4) is 0 Å². The molecule has 104 valence electrons. The Morgan fingerprint density at radius 2 is 2.32 bits per heavy atom. The van der Waals surface area contributed by atoms with Gasteiger partial charge in [-0.3, -0.25) is 0 Å². The van der Waals surface area contributed by atoms with Gasteiger partial charge in [0, 0.05) is 25.0 Å². The van der Waals surface area contributed by atoms with Crippen molar-refractivity contribution < 1.29 is 4.74 Å². The summed E-state index contributed by atoms with van der Waals surface area (Å²) in [5, 5.41) is 12.0. The quantitative estimate of drug-likeness (QED) is 0.818. The highest BCUT2D eigenvalue weighted by molar-refractivity contribution is 5.38. The smallest absolute Gasteiger partial charge is 0.151 e. The van der Waals surface area contributed by atoms with Crippen LogP contribution >= 0.6 is 0 Å². The summed E-state index contributed by atoms with van der Waals surface area (Å²) in [6.45, 7) is 7.69. The van der Waals surface area contributed by atoms with Gasteiger partial charge in [-0.05, 0) is 38.4 Å². The summed E-state index contributed by atoms with van der Waals surface area (Å²) in [6, 6.07) is 4.09. The molecule has 0 unspecified atom stereocenters. The van der Waals surface area contributed by atoms with E-state index in [4.69, 9.17) is 4.74 Å². The average Bonchev–Trinajstić information content (AvgIpc) is 2.64. The third-order valence-corrected chi connectivity index (χ3v) is 4.11. The number of aromatic nitrogens is 2. The second-order valence-corrected chi connectivity index (χ2v) is 5.79. The molecule has 3 heterocycles. The summed E-state index contributed by atoms with van der Waals surface area (Å²) < 4.78 is 5.83. The summed E-state index contributed by atoms with van der Waals surface area (Å²) in [5.41, 5.74) is 1.20. The van der Waals surface area contributed by atoms with E-state index in [9.17, 15) is 0 Å². The Morgan fingerprint density at radius 3 is 3.05 bits per heavy atom. The highest BCUT2D eigenvalue weighted by atomic mass is 16.5. The maximum absolute atomic E-state index is 5.83. The predicted octanol–water partition coefficient (Wildman–Crippen LogP) is 0.991. The average molecular weight is 262 g/mol. The number of rotatable bonds is 1. The molecule has 0 amide bonds. The standard InChI is InChI=1S/C14H22N4O/c1-12-3-4-13(17-16-12)18-7-8-19-11-14(10-18)5-2-6-15-9-14/h3-4,15H,2,5-11H2,1H3/t14-/m1/s1. The molecule has 1 spiro atoms. The molecular weight excluding hydrogens is 240 g/mol. The fourth-order valence-corrected chi connectivity index (χ4v) is 3.04. The number of piperidine rings is 1. The Morgan fingerprint density at radius 1 is 1.37 bits per heavy atom. The number of nitrogens with zero attached hydrogens (tertiary/aromatic N) is 3. The minimum Gasteiger partial charge on any atom is -0.379 e. The SMILES string of the molecule is Cc1ccc(N2CCOC[C@@]3(CCCNC3)C2)nn1.